The first-order chi connectivity index (χ1) is 9.92. The molecular formula is C16H34N4O2. The Morgan fingerprint density at radius 3 is 1.91 bits per heavy atom. The van der Waals surface area contributed by atoms with Crippen LogP contribution >= 0.6 is 0 Å². The van der Waals surface area contributed by atoms with Crippen molar-refractivity contribution in [1.82, 2.24) is 20.4 Å². The second-order valence-electron chi connectivity index (χ2n) is 7.73. The molecule has 6 nitrogen and oxygen atoms in total. The van der Waals surface area contributed by atoms with Gasteiger partial charge in [0.05, 0.1) is 0 Å². The van der Waals surface area contributed by atoms with E-state index in [0.717, 1.165) is 12.8 Å². The molecule has 130 valence electrons. The highest BCUT2D eigenvalue weighted by molar-refractivity contribution is 5.74. The monoisotopic (exact) mass is 314 g/mol. The van der Waals surface area contributed by atoms with Crippen molar-refractivity contribution in [3.8, 4) is 0 Å². The summed E-state index contributed by atoms with van der Waals surface area (Å²) in [5, 5.41) is 5.97. The maximum atomic E-state index is 11.9. The molecule has 6 heteroatoms. The molecule has 0 heterocycles. The quantitative estimate of drug-likeness (QED) is 0.790. The van der Waals surface area contributed by atoms with Crippen molar-refractivity contribution in [2.75, 3.05) is 34.7 Å². The molecule has 2 N–H and O–H groups in total. The van der Waals surface area contributed by atoms with E-state index in [9.17, 15) is 9.59 Å². The van der Waals surface area contributed by atoms with E-state index in [-0.39, 0.29) is 23.5 Å². The molecular weight excluding hydrogens is 280 g/mol. The standard InChI is InChI=1S/C16H34N4O2/c1-12(11-17-14(21)19(5)6)9-13(10-16(2,3)4)18-15(22)20(7)8/h12-13H,9-11H2,1-8H3,(H,17,21)(H,18,22). The largest absolute Gasteiger partial charge is 0.338 e. The highest BCUT2D eigenvalue weighted by Gasteiger charge is 2.23. The van der Waals surface area contributed by atoms with Crippen LogP contribution in [0.4, 0.5) is 9.59 Å². The first-order valence-electron chi connectivity index (χ1n) is 7.85. The molecule has 2 unspecified atom stereocenters. The van der Waals surface area contributed by atoms with Crippen LogP contribution in [-0.2, 0) is 0 Å². The Kier molecular flexibility index (Phi) is 8.27. The van der Waals surface area contributed by atoms with Gasteiger partial charge in [0, 0.05) is 40.8 Å². The normalized spacial score (nSPS) is 14.0. The first-order valence-corrected chi connectivity index (χ1v) is 7.85. The smallest absolute Gasteiger partial charge is 0.317 e. The Bertz CT molecular complexity index is 362. The molecule has 0 fully saturated rings. The van der Waals surface area contributed by atoms with E-state index in [1.807, 2.05) is 0 Å². The molecule has 0 spiro atoms. The van der Waals surface area contributed by atoms with Crippen molar-refractivity contribution < 1.29 is 9.59 Å². The number of hydrogen-bond acceptors (Lipinski definition) is 2. The van der Waals surface area contributed by atoms with Crippen LogP contribution in [0.2, 0.25) is 0 Å². The molecule has 0 saturated heterocycles. The lowest BCUT2D eigenvalue weighted by molar-refractivity contribution is 0.200. The van der Waals surface area contributed by atoms with Crippen molar-refractivity contribution in [3.05, 3.63) is 0 Å². The summed E-state index contributed by atoms with van der Waals surface area (Å²) in [6, 6.07) is -0.0588. The lowest BCUT2D eigenvalue weighted by Crippen LogP contribution is -2.45. The van der Waals surface area contributed by atoms with Crippen molar-refractivity contribution >= 4 is 12.1 Å². The number of nitrogens with one attached hydrogen (secondary N) is 2. The minimum absolute atomic E-state index is 0.0706. The molecule has 0 saturated carbocycles. The molecule has 0 rings (SSSR count). The van der Waals surface area contributed by atoms with Crippen molar-refractivity contribution in [2.45, 2.75) is 46.6 Å². The van der Waals surface area contributed by atoms with Crippen LogP contribution in [0.15, 0.2) is 0 Å². The third kappa shape index (κ3) is 9.47. The maximum Gasteiger partial charge on any atom is 0.317 e. The summed E-state index contributed by atoms with van der Waals surface area (Å²) in [7, 11) is 6.92. The Labute approximate surface area is 135 Å². The minimum Gasteiger partial charge on any atom is -0.338 e. The van der Waals surface area contributed by atoms with Gasteiger partial charge in [0.25, 0.3) is 0 Å². The van der Waals surface area contributed by atoms with Gasteiger partial charge in [-0.05, 0) is 24.2 Å². The average Bonchev–Trinajstić information content (AvgIpc) is 2.33. The molecule has 0 aliphatic heterocycles. The van der Waals surface area contributed by atoms with E-state index in [1.54, 1.807) is 33.1 Å². The van der Waals surface area contributed by atoms with Crippen LogP contribution in [0, 0.1) is 11.3 Å². The predicted molar refractivity (Wildman–Crippen MR) is 90.9 cm³/mol. The molecule has 4 amide bonds. The summed E-state index contributed by atoms with van der Waals surface area (Å²) >= 11 is 0. The summed E-state index contributed by atoms with van der Waals surface area (Å²) in [4.78, 5) is 26.6. The van der Waals surface area contributed by atoms with Crippen LogP contribution in [0.5, 0.6) is 0 Å². The topological polar surface area (TPSA) is 64.7 Å². The van der Waals surface area contributed by atoms with Gasteiger partial charge < -0.3 is 20.4 Å². The number of hydrogen-bond donors (Lipinski definition) is 2. The molecule has 0 radical (unpaired) electrons. The highest BCUT2D eigenvalue weighted by Crippen LogP contribution is 2.24. The number of urea groups is 2. The Morgan fingerprint density at radius 2 is 1.50 bits per heavy atom. The van der Waals surface area contributed by atoms with Gasteiger partial charge in [-0.15, -0.1) is 0 Å². The van der Waals surface area contributed by atoms with E-state index in [4.69, 9.17) is 0 Å². The van der Waals surface area contributed by atoms with Gasteiger partial charge in [-0.25, -0.2) is 9.59 Å². The highest BCUT2D eigenvalue weighted by atomic mass is 16.2. The molecule has 0 aliphatic rings. The zero-order chi connectivity index (χ0) is 17.5. The average molecular weight is 314 g/mol. The lowest BCUT2D eigenvalue weighted by Gasteiger charge is -2.30. The van der Waals surface area contributed by atoms with Gasteiger partial charge in [-0.2, -0.15) is 0 Å². The number of nitrogens with zero attached hydrogens (tertiary/aromatic N) is 2. The summed E-state index contributed by atoms with van der Waals surface area (Å²) in [6.45, 7) is 9.20. The van der Waals surface area contributed by atoms with Crippen molar-refractivity contribution in [2.24, 2.45) is 11.3 Å². The predicted octanol–water partition coefficient (Wildman–Crippen LogP) is 2.36. The molecule has 0 aromatic carbocycles. The molecule has 0 bridgehead atoms. The first kappa shape index (κ1) is 20.5. The van der Waals surface area contributed by atoms with Gasteiger partial charge in [-0.3, -0.25) is 0 Å². The van der Waals surface area contributed by atoms with E-state index < -0.39 is 0 Å². The van der Waals surface area contributed by atoms with Gasteiger partial charge in [0.2, 0.25) is 0 Å². The number of carbonyl (C=O) groups excluding carboxylic acids is 2. The van der Waals surface area contributed by atoms with Crippen LogP contribution < -0.4 is 10.6 Å². The summed E-state index contributed by atoms with van der Waals surface area (Å²) in [5.41, 5.74) is 0.136. The molecule has 0 aromatic rings. The van der Waals surface area contributed by atoms with Crippen LogP contribution in [0.1, 0.15) is 40.5 Å². The molecule has 0 aromatic heterocycles. The van der Waals surface area contributed by atoms with Gasteiger partial charge in [-0.1, -0.05) is 27.7 Å². The van der Waals surface area contributed by atoms with Gasteiger partial charge in [0.1, 0.15) is 0 Å². The van der Waals surface area contributed by atoms with Crippen molar-refractivity contribution in [1.29, 1.82) is 0 Å². The van der Waals surface area contributed by atoms with E-state index in [2.05, 4.69) is 38.3 Å². The van der Waals surface area contributed by atoms with Crippen LogP contribution in [-0.4, -0.2) is 62.6 Å². The zero-order valence-corrected chi connectivity index (χ0v) is 15.5. The van der Waals surface area contributed by atoms with Crippen LogP contribution in [0.3, 0.4) is 0 Å². The molecule has 0 aliphatic carbocycles. The Morgan fingerprint density at radius 1 is 1.00 bits per heavy atom. The third-order valence-electron chi connectivity index (χ3n) is 3.29. The van der Waals surface area contributed by atoms with E-state index >= 15 is 0 Å². The molecule has 2 atom stereocenters. The molecule has 22 heavy (non-hydrogen) atoms. The summed E-state index contributed by atoms with van der Waals surface area (Å²) in [5.74, 6) is 0.290. The van der Waals surface area contributed by atoms with E-state index in [0.29, 0.717) is 12.5 Å². The minimum atomic E-state index is -0.0865. The van der Waals surface area contributed by atoms with E-state index in [1.165, 1.54) is 4.90 Å². The second-order valence-corrected chi connectivity index (χ2v) is 7.73. The Balaban J connectivity index is 4.55. The fraction of sp³-hybridized carbons (Fsp3) is 0.875. The fourth-order valence-corrected chi connectivity index (χ4v) is 2.22. The summed E-state index contributed by atoms with van der Waals surface area (Å²) in [6.07, 6.45) is 1.74. The number of amides is 4. The van der Waals surface area contributed by atoms with Crippen LogP contribution in [0.25, 0.3) is 0 Å². The maximum absolute atomic E-state index is 11.9. The second kappa shape index (κ2) is 8.86. The summed E-state index contributed by atoms with van der Waals surface area (Å²) < 4.78 is 0. The SMILES string of the molecule is CC(CNC(=O)N(C)C)CC(CC(C)(C)C)NC(=O)N(C)C. The third-order valence-corrected chi connectivity index (χ3v) is 3.29. The van der Waals surface area contributed by atoms with Crippen molar-refractivity contribution in [3.63, 3.8) is 0 Å². The zero-order valence-electron chi connectivity index (χ0n) is 15.5. The fourth-order valence-electron chi connectivity index (χ4n) is 2.22. The van der Waals surface area contributed by atoms with Gasteiger partial charge in [0.15, 0.2) is 0 Å². The lowest BCUT2D eigenvalue weighted by atomic mass is 9.85. The Hall–Kier alpha value is -1.46. The van der Waals surface area contributed by atoms with Gasteiger partial charge >= 0.3 is 12.1 Å². The number of carbonyl (C=O) groups is 2. The number of rotatable bonds is 6.